The molecule has 0 amide bonds. The summed E-state index contributed by atoms with van der Waals surface area (Å²) in [6.45, 7) is 2.69. The van der Waals surface area contributed by atoms with Gasteiger partial charge in [0.15, 0.2) is 5.76 Å². The number of hydrogen-bond acceptors (Lipinski definition) is 6. The summed E-state index contributed by atoms with van der Waals surface area (Å²) in [6.07, 6.45) is 0.634. The molecule has 2 heterocycles. The third-order valence-corrected chi connectivity index (χ3v) is 5.59. The van der Waals surface area contributed by atoms with Crippen LogP contribution >= 0.6 is 11.3 Å². The molecule has 20 heavy (non-hydrogen) atoms. The monoisotopic (exact) mass is 316 g/mol. The Morgan fingerprint density at radius 3 is 2.90 bits per heavy atom. The fourth-order valence-electron chi connectivity index (χ4n) is 1.57. The second kappa shape index (κ2) is 6.49. The summed E-state index contributed by atoms with van der Waals surface area (Å²) in [6, 6.07) is 5.05. The van der Waals surface area contributed by atoms with Gasteiger partial charge in [-0.2, -0.15) is 0 Å². The van der Waals surface area contributed by atoms with Gasteiger partial charge in [0, 0.05) is 26.3 Å². The van der Waals surface area contributed by atoms with E-state index >= 15 is 0 Å². The van der Waals surface area contributed by atoms with Crippen LogP contribution in [0.4, 0.5) is 0 Å². The van der Waals surface area contributed by atoms with Gasteiger partial charge in [-0.15, -0.1) is 11.3 Å². The van der Waals surface area contributed by atoms with E-state index in [1.54, 1.807) is 25.3 Å². The van der Waals surface area contributed by atoms with Crippen LogP contribution in [-0.2, 0) is 14.8 Å². The molecule has 0 radical (unpaired) electrons. The van der Waals surface area contributed by atoms with Gasteiger partial charge in [0.1, 0.15) is 4.21 Å². The summed E-state index contributed by atoms with van der Waals surface area (Å²) in [5.74, 6) is 0.577. The van der Waals surface area contributed by atoms with Crippen molar-refractivity contribution >= 4 is 21.4 Å². The van der Waals surface area contributed by atoms with Crippen LogP contribution in [0.1, 0.15) is 12.1 Å². The van der Waals surface area contributed by atoms with Gasteiger partial charge in [-0.05, 0) is 25.5 Å². The molecule has 0 aliphatic rings. The fraction of sp³-hybridized carbons (Fsp3) is 0.417. The van der Waals surface area contributed by atoms with Gasteiger partial charge in [-0.1, -0.05) is 5.16 Å². The third kappa shape index (κ3) is 3.66. The molecule has 0 aromatic carbocycles. The molecular weight excluding hydrogens is 300 g/mol. The zero-order valence-corrected chi connectivity index (χ0v) is 12.9. The Hall–Kier alpha value is -1.22. The molecule has 0 aliphatic carbocycles. The maximum Gasteiger partial charge on any atom is 0.250 e. The molecule has 1 N–H and O–H groups in total. The highest BCUT2D eigenvalue weighted by Gasteiger charge is 2.18. The van der Waals surface area contributed by atoms with E-state index in [-0.39, 0.29) is 4.21 Å². The number of methoxy groups -OCH3 is 1. The van der Waals surface area contributed by atoms with Crippen molar-refractivity contribution in [1.82, 2.24) is 9.88 Å². The minimum absolute atomic E-state index is 0.263. The van der Waals surface area contributed by atoms with Crippen molar-refractivity contribution in [3.8, 4) is 10.6 Å². The largest absolute Gasteiger partial charge is 0.385 e. The maximum atomic E-state index is 12.1. The Morgan fingerprint density at radius 2 is 2.25 bits per heavy atom. The van der Waals surface area contributed by atoms with Crippen molar-refractivity contribution < 1.29 is 17.7 Å². The van der Waals surface area contributed by atoms with Gasteiger partial charge in [0.25, 0.3) is 0 Å². The Kier molecular flexibility index (Phi) is 4.92. The van der Waals surface area contributed by atoms with Crippen molar-refractivity contribution in [3.05, 3.63) is 23.9 Å². The molecule has 0 unspecified atom stereocenters. The van der Waals surface area contributed by atoms with Gasteiger partial charge in [-0.25, -0.2) is 13.1 Å². The first-order chi connectivity index (χ1) is 9.53. The molecule has 8 heteroatoms. The number of thiophene rings is 1. The van der Waals surface area contributed by atoms with Crippen LogP contribution in [-0.4, -0.2) is 33.8 Å². The van der Waals surface area contributed by atoms with Crippen molar-refractivity contribution in [2.45, 2.75) is 17.6 Å². The molecule has 2 aromatic heterocycles. The molecule has 0 saturated heterocycles. The minimum atomic E-state index is -3.47. The highest BCUT2D eigenvalue weighted by atomic mass is 32.2. The number of nitrogens with zero attached hydrogens (tertiary/aromatic N) is 1. The first-order valence-electron chi connectivity index (χ1n) is 6.05. The topological polar surface area (TPSA) is 81.4 Å². The highest BCUT2D eigenvalue weighted by molar-refractivity contribution is 7.91. The molecule has 2 aromatic rings. The molecule has 0 aliphatic heterocycles. The summed E-state index contributed by atoms with van der Waals surface area (Å²) in [5.41, 5.74) is 0.760. The van der Waals surface area contributed by atoms with Crippen molar-refractivity contribution in [2.75, 3.05) is 20.3 Å². The van der Waals surface area contributed by atoms with Crippen LogP contribution in [0.15, 0.2) is 26.9 Å². The van der Waals surface area contributed by atoms with Gasteiger partial charge in [0.2, 0.25) is 10.0 Å². The van der Waals surface area contributed by atoms with Crippen LogP contribution < -0.4 is 4.72 Å². The normalized spacial score (nSPS) is 11.9. The third-order valence-electron chi connectivity index (χ3n) is 2.53. The van der Waals surface area contributed by atoms with Gasteiger partial charge < -0.3 is 9.26 Å². The molecule has 0 spiro atoms. The molecule has 6 nitrogen and oxygen atoms in total. The lowest BCUT2D eigenvalue weighted by atomic mass is 10.3. The van der Waals surface area contributed by atoms with Crippen molar-refractivity contribution in [3.63, 3.8) is 0 Å². The maximum absolute atomic E-state index is 12.1. The first-order valence-corrected chi connectivity index (χ1v) is 8.35. The number of ether oxygens (including phenoxy) is 1. The first kappa shape index (κ1) is 15.2. The average molecular weight is 316 g/mol. The number of rotatable bonds is 7. The van der Waals surface area contributed by atoms with Crippen LogP contribution in [0.2, 0.25) is 0 Å². The van der Waals surface area contributed by atoms with Crippen molar-refractivity contribution in [1.29, 1.82) is 0 Å². The Morgan fingerprint density at radius 1 is 1.45 bits per heavy atom. The molecule has 0 fully saturated rings. The van der Waals surface area contributed by atoms with Gasteiger partial charge in [-0.3, -0.25) is 0 Å². The van der Waals surface area contributed by atoms with Gasteiger partial charge >= 0.3 is 0 Å². The van der Waals surface area contributed by atoms with Crippen LogP contribution in [0.3, 0.4) is 0 Å². The number of aryl methyl sites for hydroxylation is 1. The molecule has 0 saturated carbocycles. The minimum Gasteiger partial charge on any atom is -0.385 e. The number of nitrogens with one attached hydrogen (secondary N) is 1. The number of aromatic nitrogens is 1. The van der Waals surface area contributed by atoms with E-state index in [0.717, 1.165) is 21.9 Å². The molecule has 110 valence electrons. The van der Waals surface area contributed by atoms with Crippen LogP contribution in [0.25, 0.3) is 10.6 Å². The number of sulfonamides is 1. The number of hydrogen-bond donors (Lipinski definition) is 1. The quantitative estimate of drug-likeness (QED) is 0.790. The van der Waals surface area contributed by atoms with E-state index in [2.05, 4.69) is 9.88 Å². The summed E-state index contributed by atoms with van der Waals surface area (Å²) in [5, 5.41) is 3.79. The predicted molar refractivity (Wildman–Crippen MR) is 76.2 cm³/mol. The zero-order chi connectivity index (χ0) is 14.6. The Labute approximate surface area is 121 Å². The van der Waals surface area contributed by atoms with E-state index in [1.807, 2.05) is 6.92 Å². The van der Waals surface area contributed by atoms with Crippen LogP contribution in [0, 0.1) is 6.92 Å². The van der Waals surface area contributed by atoms with E-state index in [1.165, 1.54) is 0 Å². The Balaban J connectivity index is 2.07. The lowest BCUT2D eigenvalue weighted by Crippen LogP contribution is -2.24. The lowest BCUT2D eigenvalue weighted by molar-refractivity contribution is 0.196. The summed E-state index contributed by atoms with van der Waals surface area (Å²) in [7, 11) is -1.89. The van der Waals surface area contributed by atoms with E-state index in [9.17, 15) is 8.42 Å². The van der Waals surface area contributed by atoms with Crippen LogP contribution in [0.5, 0.6) is 0 Å². The fourth-order valence-corrected chi connectivity index (χ4v) is 3.94. The van der Waals surface area contributed by atoms with E-state index in [4.69, 9.17) is 9.26 Å². The smallest absolute Gasteiger partial charge is 0.250 e. The summed E-state index contributed by atoms with van der Waals surface area (Å²) in [4.78, 5) is 0.739. The molecule has 2 rings (SSSR count). The Bertz CT molecular complexity index is 661. The van der Waals surface area contributed by atoms with E-state index < -0.39 is 10.0 Å². The SMILES string of the molecule is COCCCNS(=O)(=O)c1ccc(-c2cc(C)no2)s1. The molecular formula is C12H16N2O4S2. The second-order valence-electron chi connectivity index (χ2n) is 4.20. The zero-order valence-electron chi connectivity index (χ0n) is 11.3. The average Bonchev–Trinajstić information content (AvgIpc) is 3.03. The van der Waals surface area contributed by atoms with E-state index in [0.29, 0.717) is 25.3 Å². The molecule has 0 atom stereocenters. The van der Waals surface area contributed by atoms with Gasteiger partial charge in [0.05, 0.1) is 10.6 Å². The summed E-state index contributed by atoms with van der Waals surface area (Å²) < 4.78 is 36.9. The highest BCUT2D eigenvalue weighted by Crippen LogP contribution is 2.30. The van der Waals surface area contributed by atoms with Crippen molar-refractivity contribution in [2.24, 2.45) is 0 Å². The lowest BCUT2D eigenvalue weighted by Gasteiger charge is -2.03. The predicted octanol–water partition coefficient (Wildman–Crippen LogP) is 2.03. The molecule has 0 bridgehead atoms. The second-order valence-corrected chi connectivity index (χ2v) is 7.27. The summed E-state index contributed by atoms with van der Waals surface area (Å²) >= 11 is 1.15. The standard InChI is InChI=1S/C12H16N2O4S2/c1-9-8-10(18-14-9)11-4-5-12(19-11)20(15,16)13-6-3-7-17-2/h4-5,8,13H,3,6-7H2,1-2H3.